The van der Waals surface area contributed by atoms with Gasteiger partial charge in [0.05, 0.1) is 14.2 Å². The van der Waals surface area contributed by atoms with E-state index in [0.717, 1.165) is 43.5 Å². The molecule has 0 saturated carbocycles. The minimum absolute atomic E-state index is 0.248. The lowest BCUT2D eigenvalue weighted by Crippen LogP contribution is -2.28. The number of ether oxygens (including phenoxy) is 2. The number of aliphatic hydroxyl groups is 1. The number of anilines is 2. The SMILES string of the molecule is CO.COc1ccc(Nc2ccc3c4c(n(C)c3n2)CCC(N)C4)cc1OC. The van der Waals surface area contributed by atoms with Crippen LogP contribution in [0.15, 0.2) is 30.3 Å². The van der Waals surface area contributed by atoms with Crippen LogP contribution in [0.4, 0.5) is 11.5 Å². The van der Waals surface area contributed by atoms with E-state index in [4.69, 9.17) is 25.3 Å². The van der Waals surface area contributed by atoms with E-state index in [1.54, 1.807) is 14.2 Å². The van der Waals surface area contributed by atoms with Crippen LogP contribution >= 0.6 is 0 Å². The second-order valence-electron chi connectivity index (χ2n) is 6.75. The van der Waals surface area contributed by atoms with Gasteiger partial charge in [-0.15, -0.1) is 0 Å². The molecule has 7 nitrogen and oxygen atoms in total. The molecule has 0 radical (unpaired) electrons. The third-order valence-corrected chi connectivity index (χ3v) is 5.15. The number of nitrogens with one attached hydrogen (secondary N) is 1. The first-order valence-electron chi connectivity index (χ1n) is 9.27. The van der Waals surface area contributed by atoms with E-state index in [9.17, 15) is 0 Å². The van der Waals surface area contributed by atoms with Crippen LogP contribution in [0.25, 0.3) is 11.0 Å². The highest BCUT2D eigenvalue weighted by Crippen LogP contribution is 2.33. The van der Waals surface area contributed by atoms with Crippen molar-refractivity contribution in [2.45, 2.75) is 25.3 Å². The van der Waals surface area contributed by atoms with Gasteiger partial charge in [0.25, 0.3) is 0 Å². The fourth-order valence-electron chi connectivity index (χ4n) is 3.79. The monoisotopic (exact) mass is 384 g/mol. The number of nitrogens with two attached hydrogens (primary N) is 1. The molecule has 2 aromatic heterocycles. The average molecular weight is 384 g/mol. The van der Waals surface area contributed by atoms with Crippen molar-refractivity contribution < 1.29 is 14.6 Å². The van der Waals surface area contributed by atoms with Crippen molar-refractivity contribution in [2.75, 3.05) is 26.6 Å². The predicted octanol–water partition coefficient (Wildman–Crippen LogP) is 2.76. The zero-order valence-corrected chi connectivity index (χ0v) is 16.8. The first kappa shape index (κ1) is 20.0. The average Bonchev–Trinajstić information content (AvgIpc) is 3.00. The standard InChI is InChI=1S/C20H24N4O2.CH4O/c1-24-16-7-4-12(21)10-15(16)14-6-9-19(23-20(14)24)22-13-5-8-17(25-2)18(11-13)26-3;1-2/h5-6,8-9,11-12H,4,7,10,21H2,1-3H3,(H,22,23);2H,1H3. The number of aliphatic hydroxyl groups excluding tert-OH is 1. The van der Waals surface area contributed by atoms with E-state index in [1.165, 1.54) is 16.6 Å². The molecule has 1 unspecified atom stereocenters. The Labute approximate surface area is 165 Å². The molecule has 1 aliphatic rings. The van der Waals surface area contributed by atoms with Gasteiger partial charge in [0.2, 0.25) is 0 Å². The number of rotatable bonds is 4. The smallest absolute Gasteiger partial charge is 0.162 e. The third kappa shape index (κ3) is 3.63. The van der Waals surface area contributed by atoms with Crippen molar-refractivity contribution in [3.63, 3.8) is 0 Å². The first-order chi connectivity index (χ1) is 13.6. The van der Waals surface area contributed by atoms with Crippen LogP contribution in [0.1, 0.15) is 17.7 Å². The number of pyridine rings is 1. The molecule has 150 valence electrons. The fourth-order valence-corrected chi connectivity index (χ4v) is 3.79. The molecule has 28 heavy (non-hydrogen) atoms. The van der Waals surface area contributed by atoms with Crippen LogP contribution in [0, 0.1) is 0 Å². The minimum atomic E-state index is 0.248. The van der Waals surface area contributed by atoms with Gasteiger partial charge in [-0.3, -0.25) is 0 Å². The summed E-state index contributed by atoms with van der Waals surface area (Å²) in [6, 6.07) is 10.1. The number of aryl methyl sites for hydroxylation is 1. The van der Waals surface area contributed by atoms with Gasteiger partial charge in [-0.25, -0.2) is 4.98 Å². The molecule has 0 bridgehead atoms. The van der Waals surface area contributed by atoms with Gasteiger partial charge in [0.1, 0.15) is 11.5 Å². The number of hydrogen-bond acceptors (Lipinski definition) is 6. The van der Waals surface area contributed by atoms with Gasteiger partial charge in [0.15, 0.2) is 11.5 Å². The highest BCUT2D eigenvalue weighted by atomic mass is 16.5. The van der Waals surface area contributed by atoms with E-state index < -0.39 is 0 Å². The zero-order chi connectivity index (χ0) is 20.3. The Morgan fingerprint density at radius 3 is 2.61 bits per heavy atom. The summed E-state index contributed by atoms with van der Waals surface area (Å²) < 4.78 is 12.9. The van der Waals surface area contributed by atoms with E-state index in [-0.39, 0.29) is 6.04 Å². The summed E-state index contributed by atoms with van der Waals surface area (Å²) in [4.78, 5) is 4.84. The molecule has 1 aromatic carbocycles. The van der Waals surface area contributed by atoms with E-state index >= 15 is 0 Å². The van der Waals surface area contributed by atoms with Crippen molar-refractivity contribution in [1.29, 1.82) is 0 Å². The van der Waals surface area contributed by atoms with Gasteiger partial charge < -0.3 is 30.2 Å². The molecular formula is C21H28N4O3. The number of methoxy groups -OCH3 is 2. The van der Waals surface area contributed by atoms with Crippen molar-refractivity contribution >= 4 is 22.5 Å². The molecule has 0 aliphatic heterocycles. The highest BCUT2D eigenvalue weighted by molar-refractivity contribution is 5.84. The second-order valence-corrected chi connectivity index (χ2v) is 6.75. The summed E-state index contributed by atoms with van der Waals surface area (Å²) in [6.07, 6.45) is 2.98. The Morgan fingerprint density at radius 1 is 1.14 bits per heavy atom. The van der Waals surface area contributed by atoms with Crippen LogP contribution in [-0.4, -0.2) is 42.0 Å². The molecule has 0 fully saturated rings. The van der Waals surface area contributed by atoms with Crippen LogP contribution in [-0.2, 0) is 19.9 Å². The maximum atomic E-state index is 7.00. The van der Waals surface area contributed by atoms with Gasteiger partial charge >= 0.3 is 0 Å². The molecule has 1 atom stereocenters. The zero-order valence-electron chi connectivity index (χ0n) is 16.8. The number of benzene rings is 1. The van der Waals surface area contributed by atoms with Crippen LogP contribution in [0.3, 0.4) is 0 Å². The van der Waals surface area contributed by atoms with Crippen LogP contribution in [0.2, 0.25) is 0 Å². The molecular weight excluding hydrogens is 356 g/mol. The number of fused-ring (bicyclic) bond motifs is 3. The van der Waals surface area contributed by atoms with Crippen molar-refractivity contribution in [2.24, 2.45) is 12.8 Å². The molecule has 4 rings (SSSR count). The lowest BCUT2D eigenvalue weighted by atomic mass is 9.92. The summed E-state index contributed by atoms with van der Waals surface area (Å²) >= 11 is 0. The summed E-state index contributed by atoms with van der Waals surface area (Å²) in [6.45, 7) is 0. The molecule has 1 aliphatic carbocycles. The Bertz CT molecular complexity index is 968. The Balaban J connectivity index is 0.00000109. The lowest BCUT2D eigenvalue weighted by Gasteiger charge is -2.19. The molecule has 7 heteroatoms. The van der Waals surface area contributed by atoms with E-state index in [0.29, 0.717) is 11.5 Å². The summed E-state index contributed by atoms with van der Waals surface area (Å²) in [7, 11) is 6.35. The maximum absolute atomic E-state index is 7.00. The van der Waals surface area contributed by atoms with Gasteiger partial charge in [-0.05, 0) is 49.1 Å². The van der Waals surface area contributed by atoms with Crippen LogP contribution < -0.4 is 20.5 Å². The van der Waals surface area contributed by atoms with Gasteiger partial charge in [-0.2, -0.15) is 0 Å². The topological polar surface area (TPSA) is 94.6 Å². The van der Waals surface area contributed by atoms with Crippen LogP contribution in [0.5, 0.6) is 11.5 Å². The molecule has 2 heterocycles. The van der Waals surface area contributed by atoms with Crippen molar-refractivity contribution in [3.05, 3.63) is 41.6 Å². The molecule has 0 amide bonds. The first-order valence-corrected chi connectivity index (χ1v) is 9.27. The number of aromatic nitrogens is 2. The Hall–Kier alpha value is -2.77. The molecule has 4 N–H and O–H groups in total. The summed E-state index contributed by atoms with van der Waals surface area (Å²) in [5, 5.41) is 11.6. The molecule has 0 spiro atoms. The van der Waals surface area contributed by atoms with Crippen molar-refractivity contribution in [3.8, 4) is 11.5 Å². The Morgan fingerprint density at radius 2 is 1.89 bits per heavy atom. The highest BCUT2D eigenvalue weighted by Gasteiger charge is 2.23. The van der Waals surface area contributed by atoms with Crippen molar-refractivity contribution in [1.82, 2.24) is 9.55 Å². The van der Waals surface area contributed by atoms with E-state index in [2.05, 4.69) is 23.0 Å². The van der Waals surface area contributed by atoms with E-state index in [1.807, 2.05) is 24.3 Å². The summed E-state index contributed by atoms with van der Waals surface area (Å²) in [5.41, 5.74) is 10.8. The Kier molecular flexibility index (Phi) is 6.06. The third-order valence-electron chi connectivity index (χ3n) is 5.15. The fraction of sp³-hybridized carbons (Fsp3) is 0.381. The lowest BCUT2D eigenvalue weighted by molar-refractivity contribution is 0.355. The number of hydrogen-bond donors (Lipinski definition) is 3. The molecule has 0 saturated heterocycles. The normalized spacial score (nSPS) is 15.4. The minimum Gasteiger partial charge on any atom is -0.493 e. The number of nitrogens with zero attached hydrogens (tertiary/aromatic N) is 2. The predicted molar refractivity (Wildman–Crippen MR) is 112 cm³/mol. The van der Waals surface area contributed by atoms with Gasteiger partial charge in [0, 0.05) is 43.0 Å². The maximum Gasteiger partial charge on any atom is 0.162 e. The van der Waals surface area contributed by atoms with Gasteiger partial charge in [-0.1, -0.05) is 0 Å². The molecule has 3 aromatic rings. The largest absolute Gasteiger partial charge is 0.493 e. The quantitative estimate of drug-likeness (QED) is 0.640. The second kappa shape index (κ2) is 8.50. The summed E-state index contributed by atoms with van der Waals surface area (Å²) in [5.74, 6) is 2.18.